The van der Waals surface area contributed by atoms with Gasteiger partial charge in [-0.1, -0.05) is 11.6 Å². The largest absolute Gasteiger partial charge is 0.486 e. The first kappa shape index (κ1) is 21.3. The van der Waals surface area contributed by atoms with E-state index in [0.29, 0.717) is 24.7 Å². The highest BCUT2D eigenvalue weighted by atomic mass is 35.5. The van der Waals surface area contributed by atoms with E-state index in [4.69, 9.17) is 21.1 Å². The molecule has 12 heteroatoms. The molecule has 0 radical (unpaired) electrons. The lowest BCUT2D eigenvalue weighted by molar-refractivity contribution is -0.384. The summed E-state index contributed by atoms with van der Waals surface area (Å²) in [6, 6.07) is 8.31. The van der Waals surface area contributed by atoms with Crippen LogP contribution in [0.2, 0.25) is 5.02 Å². The van der Waals surface area contributed by atoms with Crippen molar-refractivity contribution < 1.29 is 27.6 Å². The van der Waals surface area contributed by atoms with Gasteiger partial charge in [0.25, 0.3) is 11.6 Å². The average Bonchev–Trinajstić information content (AvgIpc) is 2.78. The van der Waals surface area contributed by atoms with E-state index in [9.17, 15) is 23.3 Å². The summed E-state index contributed by atoms with van der Waals surface area (Å²) >= 11 is 5.80. The lowest BCUT2D eigenvalue weighted by atomic mass is 10.1. The molecule has 10 nitrogen and oxygen atoms in total. The Balaban J connectivity index is 1.46. The zero-order valence-electron chi connectivity index (χ0n) is 16.2. The Bertz CT molecular complexity index is 1150. The molecule has 2 aliphatic heterocycles. The second kappa shape index (κ2) is 8.33. The normalized spacial score (nSPS) is 16.7. The van der Waals surface area contributed by atoms with Gasteiger partial charge >= 0.3 is 0 Å². The molecule has 0 unspecified atom stereocenters. The molecule has 0 spiro atoms. The van der Waals surface area contributed by atoms with E-state index in [-0.39, 0.29) is 47.3 Å². The number of halogens is 1. The summed E-state index contributed by atoms with van der Waals surface area (Å²) in [5.41, 5.74) is -0.230. The quantitative estimate of drug-likeness (QED) is 0.499. The minimum atomic E-state index is -3.78. The first-order valence-corrected chi connectivity index (χ1v) is 11.2. The van der Waals surface area contributed by atoms with Gasteiger partial charge in [0.2, 0.25) is 10.0 Å². The average molecular weight is 468 g/mol. The molecule has 1 saturated heterocycles. The SMILES string of the molecule is O=C(c1ccc(Cl)c([N+](=O)[O-])c1)N1CCN(S(=O)(=O)c2ccc3c(c2)OCCO3)CC1. The predicted molar refractivity (Wildman–Crippen MR) is 110 cm³/mol. The molecule has 1 amide bonds. The number of benzene rings is 2. The van der Waals surface area contributed by atoms with Gasteiger partial charge in [-0.15, -0.1) is 0 Å². The van der Waals surface area contributed by atoms with Crippen molar-refractivity contribution in [1.29, 1.82) is 0 Å². The van der Waals surface area contributed by atoms with E-state index in [1.54, 1.807) is 6.07 Å². The number of nitrogens with zero attached hydrogens (tertiary/aromatic N) is 3. The van der Waals surface area contributed by atoms with Crippen molar-refractivity contribution in [2.24, 2.45) is 0 Å². The van der Waals surface area contributed by atoms with Gasteiger partial charge in [-0.3, -0.25) is 14.9 Å². The van der Waals surface area contributed by atoms with Crippen LogP contribution >= 0.6 is 11.6 Å². The van der Waals surface area contributed by atoms with Crippen LogP contribution in [0.15, 0.2) is 41.3 Å². The van der Waals surface area contributed by atoms with Crippen LogP contribution in [0.25, 0.3) is 0 Å². The highest BCUT2D eigenvalue weighted by Crippen LogP contribution is 2.33. The Hall–Kier alpha value is -2.89. The molecule has 0 aromatic heterocycles. The number of carbonyl (C=O) groups is 1. The van der Waals surface area contributed by atoms with Crippen LogP contribution in [0.3, 0.4) is 0 Å². The van der Waals surface area contributed by atoms with Gasteiger partial charge in [0.15, 0.2) is 11.5 Å². The highest BCUT2D eigenvalue weighted by molar-refractivity contribution is 7.89. The number of fused-ring (bicyclic) bond motifs is 1. The second-order valence-electron chi connectivity index (χ2n) is 6.93. The van der Waals surface area contributed by atoms with Crippen molar-refractivity contribution in [3.63, 3.8) is 0 Å². The van der Waals surface area contributed by atoms with Gasteiger partial charge in [-0.05, 0) is 24.3 Å². The van der Waals surface area contributed by atoms with E-state index in [1.165, 1.54) is 33.5 Å². The Labute approximate surface area is 183 Å². The molecule has 0 saturated carbocycles. The Kier molecular flexibility index (Phi) is 5.73. The molecular formula is C19H18ClN3O7S. The van der Waals surface area contributed by atoms with Gasteiger partial charge in [0.1, 0.15) is 18.2 Å². The summed E-state index contributed by atoms with van der Waals surface area (Å²) in [6.07, 6.45) is 0. The number of carbonyl (C=O) groups excluding carboxylic acids is 1. The number of nitro groups is 1. The Morgan fingerprint density at radius 1 is 1.00 bits per heavy atom. The van der Waals surface area contributed by atoms with Gasteiger partial charge in [0.05, 0.1) is 9.82 Å². The first-order chi connectivity index (χ1) is 14.8. The third kappa shape index (κ3) is 4.16. The highest BCUT2D eigenvalue weighted by Gasteiger charge is 2.32. The van der Waals surface area contributed by atoms with Crippen molar-refractivity contribution in [3.8, 4) is 11.5 Å². The fourth-order valence-electron chi connectivity index (χ4n) is 3.43. The Morgan fingerprint density at radius 2 is 1.68 bits per heavy atom. The minimum absolute atomic E-state index is 0.0584. The van der Waals surface area contributed by atoms with Gasteiger partial charge in [-0.2, -0.15) is 4.31 Å². The van der Waals surface area contributed by atoms with Crippen LogP contribution in [0.5, 0.6) is 11.5 Å². The fraction of sp³-hybridized carbons (Fsp3) is 0.316. The summed E-state index contributed by atoms with van der Waals surface area (Å²) in [6.45, 7) is 1.25. The zero-order chi connectivity index (χ0) is 22.2. The lowest BCUT2D eigenvalue weighted by Gasteiger charge is -2.34. The van der Waals surface area contributed by atoms with Crippen LogP contribution < -0.4 is 9.47 Å². The maximum absolute atomic E-state index is 13.0. The number of piperazine rings is 1. The molecule has 0 aliphatic carbocycles. The molecule has 2 aromatic carbocycles. The maximum atomic E-state index is 13.0. The van der Waals surface area contributed by atoms with Crippen LogP contribution in [0.4, 0.5) is 5.69 Å². The number of sulfonamides is 1. The topological polar surface area (TPSA) is 119 Å². The lowest BCUT2D eigenvalue weighted by Crippen LogP contribution is -2.50. The summed E-state index contributed by atoms with van der Waals surface area (Å²) in [4.78, 5) is 24.7. The number of hydrogen-bond acceptors (Lipinski definition) is 7. The van der Waals surface area contributed by atoms with Crippen LogP contribution in [-0.2, 0) is 10.0 Å². The maximum Gasteiger partial charge on any atom is 0.288 e. The fourth-order valence-corrected chi connectivity index (χ4v) is 5.06. The van der Waals surface area contributed by atoms with E-state index < -0.39 is 20.9 Å². The standard InChI is InChI=1S/C19H18ClN3O7S/c20-15-3-1-13(11-16(15)23(25)26)19(24)21-5-7-22(8-6-21)31(27,28)14-2-4-17-18(12-14)30-10-9-29-17/h1-4,11-12H,5-10H2. The van der Waals surface area contributed by atoms with Crippen molar-refractivity contribution in [1.82, 2.24) is 9.21 Å². The molecule has 1 fully saturated rings. The monoisotopic (exact) mass is 467 g/mol. The third-order valence-electron chi connectivity index (χ3n) is 5.07. The van der Waals surface area contributed by atoms with Crippen LogP contribution in [0, 0.1) is 10.1 Å². The van der Waals surface area contributed by atoms with Crippen molar-refractivity contribution in [3.05, 3.63) is 57.1 Å². The molecule has 31 heavy (non-hydrogen) atoms. The van der Waals surface area contributed by atoms with Gasteiger partial charge in [-0.25, -0.2) is 8.42 Å². The summed E-state index contributed by atoms with van der Waals surface area (Å²) in [5, 5.41) is 11.0. The molecule has 2 aromatic rings. The molecule has 0 atom stereocenters. The molecule has 4 rings (SSSR count). The van der Waals surface area contributed by atoms with Crippen molar-refractivity contribution >= 4 is 33.2 Å². The zero-order valence-corrected chi connectivity index (χ0v) is 17.8. The number of ether oxygens (including phenoxy) is 2. The smallest absolute Gasteiger partial charge is 0.288 e. The summed E-state index contributed by atoms with van der Waals surface area (Å²) in [7, 11) is -3.78. The number of hydrogen-bond donors (Lipinski definition) is 0. The first-order valence-electron chi connectivity index (χ1n) is 9.40. The number of amides is 1. The van der Waals surface area contributed by atoms with Crippen molar-refractivity contribution in [2.75, 3.05) is 39.4 Å². The van der Waals surface area contributed by atoms with E-state index in [1.807, 2.05) is 0 Å². The second-order valence-corrected chi connectivity index (χ2v) is 9.27. The Morgan fingerprint density at radius 3 is 2.35 bits per heavy atom. The summed E-state index contributed by atoms with van der Waals surface area (Å²) in [5.74, 6) is 0.458. The van der Waals surface area contributed by atoms with E-state index in [0.717, 1.165) is 6.07 Å². The molecular weight excluding hydrogens is 450 g/mol. The molecule has 0 bridgehead atoms. The molecule has 2 aliphatic rings. The van der Waals surface area contributed by atoms with Crippen LogP contribution in [-0.4, -0.2) is 67.8 Å². The summed E-state index contributed by atoms with van der Waals surface area (Å²) < 4.78 is 38.2. The van der Waals surface area contributed by atoms with E-state index >= 15 is 0 Å². The third-order valence-corrected chi connectivity index (χ3v) is 7.28. The number of rotatable bonds is 4. The molecule has 2 heterocycles. The van der Waals surface area contributed by atoms with E-state index in [2.05, 4.69) is 0 Å². The van der Waals surface area contributed by atoms with Gasteiger partial charge < -0.3 is 14.4 Å². The van der Waals surface area contributed by atoms with Crippen molar-refractivity contribution in [2.45, 2.75) is 4.90 Å². The van der Waals surface area contributed by atoms with Crippen LogP contribution in [0.1, 0.15) is 10.4 Å². The number of nitro benzene ring substituents is 1. The molecule has 0 N–H and O–H groups in total. The van der Waals surface area contributed by atoms with Gasteiger partial charge in [0, 0.05) is 43.9 Å². The minimum Gasteiger partial charge on any atom is -0.486 e. The predicted octanol–water partition coefficient (Wildman–Crippen LogP) is 2.17. The molecule has 164 valence electrons.